The molecule has 30 heavy (non-hydrogen) atoms. The van der Waals surface area contributed by atoms with Crippen molar-refractivity contribution in [2.75, 3.05) is 56.4 Å². The molecule has 2 rings (SSSR count). The third-order valence-electron chi connectivity index (χ3n) is 2.61. The fraction of sp³-hybridized carbons (Fsp3) is 0.364. The molecule has 0 atom stereocenters. The first kappa shape index (κ1) is 27.4. The molecule has 0 bridgehead atoms. The van der Waals surface area contributed by atoms with Crippen LogP contribution in [-0.4, -0.2) is 81.5 Å². The van der Waals surface area contributed by atoms with Crippen molar-refractivity contribution < 1.29 is 33.0 Å². The average molecular weight is 437 g/mol. The molecule has 0 aliphatic rings. The molecule has 166 valence electrons. The summed E-state index contributed by atoms with van der Waals surface area (Å²) in [7, 11) is 15.5. The summed E-state index contributed by atoms with van der Waals surface area (Å²) in [6.07, 6.45) is 0. The number of carboxylic acids is 2. The van der Waals surface area contributed by atoms with Crippen LogP contribution in [0.2, 0.25) is 0 Å². The Balaban J connectivity index is 0.000000702. The van der Waals surface area contributed by atoms with Crippen LogP contribution < -0.4 is 10.2 Å². The third kappa shape index (κ3) is 13.6. The zero-order valence-corrected chi connectivity index (χ0v) is 19.8. The van der Waals surface area contributed by atoms with E-state index in [4.69, 9.17) is 0 Å². The molecular formula is C22H32N2O5S. The second-order valence-corrected chi connectivity index (χ2v) is 10.7. The highest BCUT2D eigenvalue weighted by Gasteiger charge is 2.07. The van der Waals surface area contributed by atoms with Gasteiger partial charge in [0.1, 0.15) is 0 Å². The van der Waals surface area contributed by atoms with Crippen LogP contribution in [0.5, 0.6) is 0 Å². The Morgan fingerprint density at radius 3 is 0.967 bits per heavy atom. The predicted molar refractivity (Wildman–Crippen MR) is 114 cm³/mol. The maximum Gasteiger partial charge on any atom is 0.0849 e. The number of aromatic carboxylic acids is 2. The number of rotatable bonds is 4. The van der Waals surface area contributed by atoms with E-state index in [0.29, 0.717) is 9.79 Å². The van der Waals surface area contributed by atoms with Gasteiger partial charge in [0.15, 0.2) is 0 Å². The molecule has 0 saturated carbocycles. The molecule has 0 unspecified atom stereocenters. The van der Waals surface area contributed by atoms with Crippen molar-refractivity contribution in [3.8, 4) is 0 Å². The van der Waals surface area contributed by atoms with Crippen molar-refractivity contribution in [3.05, 3.63) is 59.7 Å². The van der Waals surface area contributed by atoms with Crippen LogP contribution in [0.15, 0.2) is 58.3 Å². The summed E-state index contributed by atoms with van der Waals surface area (Å²) in [6, 6.07) is 10.9. The van der Waals surface area contributed by atoms with Gasteiger partial charge in [-0.3, -0.25) is 0 Å². The molecule has 0 aromatic heterocycles. The Labute approximate surface area is 181 Å². The quantitative estimate of drug-likeness (QED) is 0.639. The minimum Gasteiger partial charge on any atom is -0.545 e. The molecule has 0 radical (unpaired) electrons. The number of nitrogens with zero attached hydrogens (tertiary/aromatic N) is 2. The number of quaternary nitrogens is 2. The van der Waals surface area contributed by atoms with Gasteiger partial charge in [-0.15, -0.1) is 0 Å². The molecule has 0 heterocycles. The monoisotopic (exact) mass is 436 g/mol. The first-order valence-electron chi connectivity index (χ1n) is 9.11. The number of carboxylic acid groups (broad SMARTS) is 2. The van der Waals surface area contributed by atoms with Gasteiger partial charge in [0, 0.05) is 9.79 Å². The number of hydrogen-bond donors (Lipinski definition) is 0. The Morgan fingerprint density at radius 2 is 0.800 bits per heavy atom. The number of hydrogen-bond acceptors (Lipinski definition) is 5. The first-order chi connectivity index (χ1) is 13.5. The van der Waals surface area contributed by atoms with Crippen LogP contribution >= 0.6 is 0 Å². The summed E-state index contributed by atoms with van der Waals surface area (Å²) in [5, 5.41) is 21.2. The zero-order valence-electron chi connectivity index (χ0n) is 19.0. The highest BCUT2D eigenvalue weighted by molar-refractivity contribution is 7.85. The van der Waals surface area contributed by atoms with Crippen molar-refractivity contribution in [2.24, 2.45) is 0 Å². The zero-order chi connectivity index (χ0) is 23.7. The van der Waals surface area contributed by atoms with Crippen LogP contribution in [0.3, 0.4) is 0 Å². The van der Waals surface area contributed by atoms with Crippen molar-refractivity contribution in [1.82, 2.24) is 0 Å². The lowest BCUT2D eigenvalue weighted by atomic mass is 10.2. The molecule has 0 amide bonds. The second-order valence-electron chi connectivity index (χ2n) is 9.26. The number of carbonyl (C=O) groups excluding carboxylic acids is 2. The maximum atomic E-state index is 12.2. The summed E-state index contributed by atoms with van der Waals surface area (Å²) < 4.78 is 14.2. The molecule has 0 N–H and O–H groups in total. The molecule has 0 saturated heterocycles. The normalized spacial score (nSPS) is 11.0. The highest BCUT2D eigenvalue weighted by Crippen LogP contribution is 2.17. The van der Waals surface area contributed by atoms with E-state index in [1.165, 1.54) is 48.5 Å². The van der Waals surface area contributed by atoms with Gasteiger partial charge in [-0.2, -0.15) is 0 Å². The van der Waals surface area contributed by atoms with E-state index in [-0.39, 0.29) is 11.1 Å². The maximum absolute atomic E-state index is 12.2. The summed E-state index contributed by atoms with van der Waals surface area (Å²) >= 11 is 0. The van der Waals surface area contributed by atoms with E-state index >= 15 is 0 Å². The lowest BCUT2D eigenvalue weighted by Crippen LogP contribution is -2.27. The van der Waals surface area contributed by atoms with Crippen molar-refractivity contribution >= 4 is 22.7 Å². The summed E-state index contributed by atoms with van der Waals surface area (Å²) in [6.45, 7) is 0. The topological polar surface area (TPSA) is 97.3 Å². The van der Waals surface area contributed by atoms with Gasteiger partial charge in [-0.05, 0) is 35.4 Å². The molecular weight excluding hydrogens is 404 g/mol. The summed E-state index contributed by atoms with van der Waals surface area (Å²) in [4.78, 5) is 22.0. The van der Waals surface area contributed by atoms with Gasteiger partial charge in [-0.1, -0.05) is 24.3 Å². The van der Waals surface area contributed by atoms with E-state index in [1.54, 1.807) is 0 Å². The van der Waals surface area contributed by atoms with E-state index < -0.39 is 22.7 Å². The Bertz CT molecular complexity index is 766. The van der Waals surface area contributed by atoms with E-state index in [9.17, 15) is 24.0 Å². The molecule has 8 heteroatoms. The summed E-state index contributed by atoms with van der Waals surface area (Å²) in [5.41, 5.74) is -0.00361. The molecule has 0 fully saturated rings. The van der Waals surface area contributed by atoms with Crippen LogP contribution in [0.25, 0.3) is 0 Å². The Hall–Kier alpha value is -2.55. The van der Waals surface area contributed by atoms with Gasteiger partial charge in [0.25, 0.3) is 0 Å². The first-order valence-corrected chi connectivity index (χ1v) is 10.3. The fourth-order valence-corrected chi connectivity index (χ4v) is 2.60. The minimum atomic E-state index is -1.52. The molecule has 0 aliphatic carbocycles. The highest BCUT2D eigenvalue weighted by atomic mass is 32.2. The largest absolute Gasteiger partial charge is 0.545 e. The minimum absolute atomic E-state index is 0.00181. The number of carbonyl (C=O) groups is 2. The molecule has 7 nitrogen and oxygen atoms in total. The van der Waals surface area contributed by atoms with Crippen molar-refractivity contribution in [3.63, 3.8) is 0 Å². The SMILES string of the molecule is C[N+](C)(C)C.C[N+](C)(C)C.O=C([O-])c1ccc(S(=O)c2ccc(C(=O)[O-])cc2)cc1. The Kier molecular flexibility index (Phi) is 10.6. The predicted octanol–water partition coefficient (Wildman–Crippen LogP) is 0.225. The van der Waals surface area contributed by atoms with Gasteiger partial charge in [0.2, 0.25) is 0 Å². The lowest BCUT2D eigenvalue weighted by molar-refractivity contribution is -0.849. The van der Waals surface area contributed by atoms with Crippen molar-refractivity contribution in [1.29, 1.82) is 0 Å². The van der Waals surface area contributed by atoms with Crippen LogP contribution in [-0.2, 0) is 10.8 Å². The molecule has 0 spiro atoms. The van der Waals surface area contributed by atoms with Crippen LogP contribution in [0.1, 0.15) is 20.7 Å². The molecule has 2 aromatic carbocycles. The molecule has 2 aromatic rings. The number of benzene rings is 2. The van der Waals surface area contributed by atoms with E-state index in [2.05, 4.69) is 56.4 Å². The molecule has 0 aliphatic heterocycles. The second kappa shape index (κ2) is 11.6. The van der Waals surface area contributed by atoms with Gasteiger partial charge in [-0.25, -0.2) is 4.21 Å². The standard InChI is InChI=1S/C14H10O5S.2C4H12N/c15-13(16)9-1-5-11(6-2-9)20(19)12-7-3-10(4-8-12)14(17)18;2*1-5(2,3)4/h1-8H,(H,15,16)(H,17,18);2*1-4H3/q;2*+1/p-2. The van der Waals surface area contributed by atoms with Gasteiger partial charge < -0.3 is 28.8 Å². The van der Waals surface area contributed by atoms with Gasteiger partial charge in [0.05, 0.1) is 79.1 Å². The van der Waals surface area contributed by atoms with Crippen LogP contribution in [0.4, 0.5) is 0 Å². The smallest absolute Gasteiger partial charge is 0.0849 e. The third-order valence-corrected chi connectivity index (χ3v) is 4.01. The van der Waals surface area contributed by atoms with E-state index in [1.807, 2.05) is 0 Å². The van der Waals surface area contributed by atoms with Crippen molar-refractivity contribution in [2.45, 2.75) is 9.79 Å². The van der Waals surface area contributed by atoms with Gasteiger partial charge >= 0.3 is 0 Å². The summed E-state index contributed by atoms with van der Waals surface area (Å²) in [5.74, 6) is -2.61. The lowest BCUT2D eigenvalue weighted by Gasteiger charge is -2.14. The Morgan fingerprint density at radius 1 is 0.600 bits per heavy atom. The van der Waals surface area contributed by atoms with Crippen LogP contribution in [0, 0.1) is 0 Å². The van der Waals surface area contributed by atoms with E-state index in [0.717, 1.165) is 8.97 Å². The fourth-order valence-electron chi connectivity index (χ4n) is 1.57. The average Bonchev–Trinajstić information content (AvgIpc) is 2.58.